The first-order chi connectivity index (χ1) is 5.86. The maximum Gasteiger partial charge on any atom is 1.00 e. The summed E-state index contributed by atoms with van der Waals surface area (Å²) in [6, 6.07) is -0.222. The van der Waals surface area contributed by atoms with Crippen molar-refractivity contribution in [3.05, 3.63) is 15.3 Å². The van der Waals surface area contributed by atoms with Crippen LogP contribution in [-0.2, 0) is 27.2 Å². The van der Waals surface area contributed by atoms with Crippen LogP contribution < -0.4 is 0 Å². The summed E-state index contributed by atoms with van der Waals surface area (Å²) in [4.78, 5) is 32.1. The van der Waals surface area contributed by atoms with Gasteiger partial charge in [-0.15, -0.1) is 0 Å². The Bertz CT molecular complexity index is 242. The zero-order valence-electron chi connectivity index (χ0n) is 7.39. The standard InChI is InChI=1S/C5H8N2O2.Ag.NO3/c1-6-3-4(8)7(2)5(6)9;;2-1(3)4/h3H2,1-2H3;;/q;+1;-1. The van der Waals surface area contributed by atoms with Gasteiger partial charge in [0.15, 0.2) is 0 Å². The van der Waals surface area contributed by atoms with Crippen LogP contribution in [0.25, 0.3) is 0 Å². The Labute approximate surface area is 95.1 Å². The smallest absolute Gasteiger partial charge is 0.356 e. The van der Waals surface area contributed by atoms with Gasteiger partial charge in [0.1, 0.15) is 6.54 Å². The van der Waals surface area contributed by atoms with E-state index in [1.165, 1.54) is 11.9 Å². The number of imide groups is 1. The van der Waals surface area contributed by atoms with Gasteiger partial charge in [-0.1, -0.05) is 0 Å². The molecule has 1 fully saturated rings. The third kappa shape index (κ3) is 4.80. The van der Waals surface area contributed by atoms with Crippen molar-refractivity contribution in [3.63, 3.8) is 0 Å². The predicted octanol–water partition coefficient (Wildman–Crippen LogP) is -0.731. The van der Waals surface area contributed by atoms with Crippen LogP contribution in [0.15, 0.2) is 0 Å². The van der Waals surface area contributed by atoms with Gasteiger partial charge in [-0.2, -0.15) is 0 Å². The molecule has 0 aromatic heterocycles. The number of nitrogens with zero attached hydrogens (tertiary/aromatic N) is 3. The molecule has 1 aliphatic heterocycles. The molecule has 0 N–H and O–H groups in total. The molecule has 0 bridgehead atoms. The molecule has 1 saturated heterocycles. The normalized spacial score (nSPS) is 14.4. The fourth-order valence-electron chi connectivity index (χ4n) is 0.739. The van der Waals surface area contributed by atoms with Crippen LogP contribution in [-0.4, -0.2) is 47.5 Å². The van der Waals surface area contributed by atoms with Crippen LogP contribution in [0, 0.1) is 15.3 Å². The van der Waals surface area contributed by atoms with Crippen molar-refractivity contribution >= 4 is 11.9 Å². The van der Waals surface area contributed by atoms with Gasteiger partial charge < -0.3 is 20.2 Å². The van der Waals surface area contributed by atoms with Gasteiger partial charge >= 0.3 is 28.4 Å². The van der Waals surface area contributed by atoms with Gasteiger partial charge in [0, 0.05) is 14.1 Å². The van der Waals surface area contributed by atoms with Gasteiger partial charge in [0.05, 0.1) is 5.09 Å². The van der Waals surface area contributed by atoms with E-state index in [4.69, 9.17) is 15.3 Å². The first-order valence-corrected chi connectivity index (χ1v) is 3.19. The molecule has 0 aromatic rings. The Morgan fingerprint density at radius 3 is 1.71 bits per heavy atom. The Balaban J connectivity index is 0. The number of likely N-dealkylation sites (N-methyl/N-ethyl adjacent to an activating group) is 2. The van der Waals surface area contributed by atoms with Gasteiger partial charge in [-0.3, -0.25) is 9.69 Å². The number of carbonyl (C=O) groups excluding carboxylic acids is 2. The number of amides is 3. The van der Waals surface area contributed by atoms with Gasteiger partial charge in [-0.25, -0.2) is 4.79 Å². The molecule has 0 radical (unpaired) electrons. The largest absolute Gasteiger partial charge is 1.00 e. The van der Waals surface area contributed by atoms with Crippen LogP contribution >= 0.6 is 0 Å². The molecular formula is C5H8AgN3O5. The third-order valence-electron chi connectivity index (χ3n) is 1.36. The molecule has 9 heteroatoms. The summed E-state index contributed by atoms with van der Waals surface area (Å²) in [5.74, 6) is -0.137. The number of carbonyl (C=O) groups is 2. The van der Waals surface area contributed by atoms with E-state index in [0.29, 0.717) is 0 Å². The average molecular weight is 298 g/mol. The first kappa shape index (κ1) is 15.4. The Kier molecular flexibility index (Phi) is 6.97. The summed E-state index contributed by atoms with van der Waals surface area (Å²) >= 11 is 0. The van der Waals surface area contributed by atoms with Crippen molar-refractivity contribution in [2.24, 2.45) is 0 Å². The molecule has 1 heterocycles. The zero-order valence-corrected chi connectivity index (χ0v) is 8.87. The zero-order chi connectivity index (χ0) is 10.6. The van der Waals surface area contributed by atoms with Crippen molar-refractivity contribution in [1.29, 1.82) is 0 Å². The Hall–Kier alpha value is -1.12. The van der Waals surface area contributed by atoms with Crippen molar-refractivity contribution in [3.8, 4) is 0 Å². The summed E-state index contributed by atoms with van der Waals surface area (Å²) in [7, 11) is 3.08. The first-order valence-electron chi connectivity index (χ1n) is 3.19. The third-order valence-corrected chi connectivity index (χ3v) is 1.36. The van der Waals surface area contributed by atoms with Crippen LogP contribution in [0.5, 0.6) is 0 Å². The molecular weight excluding hydrogens is 290 g/mol. The molecule has 0 saturated carbocycles. The summed E-state index contributed by atoms with van der Waals surface area (Å²) in [5, 5.41) is 14.8. The van der Waals surface area contributed by atoms with E-state index >= 15 is 0 Å². The summed E-state index contributed by atoms with van der Waals surface area (Å²) in [5.41, 5.74) is 0. The van der Waals surface area contributed by atoms with E-state index in [0.717, 1.165) is 4.90 Å². The maximum absolute atomic E-state index is 10.7. The van der Waals surface area contributed by atoms with Crippen LogP contribution in [0.1, 0.15) is 0 Å². The summed E-state index contributed by atoms with van der Waals surface area (Å²) in [6.07, 6.45) is 0. The molecule has 0 atom stereocenters. The second kappa shape index (κ2) is 6.35. The SMILES string of the molecule is CN1CC(=O)N(C)C1=O.O=[N+]([O-])[O-].[Ag+]. The monoisotopic (exact) mass is 297 g/mol. The van der Waals surface area contributed by atoms with E-state index in [1.54, 1.807) is 7.05 Å². The molecule has 0 spiro atoms. The van der Waals surface area contributed by atoms with Crippen LogP contribution in [0.3, 0.4) is 0 Å². The second-order valence-electron chi connectivity index (χ2n) is 2.31. The average Bonchev–Trinajstić information content (AvgIpc) is 2.17. The number of urea groups is 1. The second-order valence-corrected chi connectivity index (χ2v) is 2.31. The van der Waals surface area contributed by atoms with Crippen molar-refractivity contribution in [2.75, 3.05) is 20.6 Å². The molecule has 0 aromatic carbocycles. The molecule has 84 valence electrons. The molecule has 1 rings (SSSR count). The molecule has 14 heavy (non-hydrogen) atoms. The molecule has 8 nitrogen and oxygen atoms in total. The summed E-state index contributed by atoms with van der Waals surface area (Å²) < 4.78 is 0. The maximum atomic E-state index is 10.7. The van der Waals surface area contributed by atoms with Crippen molar-refractivity contribution in [1.82, 2.24) is 9.80 Å². The predicted molar refractivity (Wildman–Crippen MR) is 41.2 cm³/mol. The van der Waals surface area contributed by atoms with Gasteiger partial charge in [-0.05, 0) is 0 Å². The van der Waals surface area contributed by atoms with E-state index in [9.17, 15) is 9.59 Å². The minimum atomic E-state index is -1.75. The summed E-state index contributed by atoms with van der Waals surface area (Å²) in [6.45, 7) is 0.218. The van der Waals surface area contributed by atoms with Gasteiger partial charge in [0.25, 0.3) is 0 Å². The van der Waals surface area contributed by atoms with Crippen LogP contribution in [0.2, 0.25) is 0 Å². The van der Waals surface area contributed by atoms with E-state index in [-0.39, 0.29) is 40.9 Å². The molecule has 1 aliphatic rings. The number of hydrogen-bond acceptors (Lipinski definition) is 5. The fraction of sp³-hybridized carbons (Fsp3) is 0.600. The van der Waals surface area contributed by atoms with E-state index in [1.807, 2.05) is 0 Å². The minimum Gasteiger partial charge on any atom is -0.356 e. The van der Waals surface area contributed by atoms with E-state index in [2.05, 4.69) is 0 Å². The Morgan fingerprint density at radius 2 is 1.64 bits per heavy atom. The van der Waals surface area contributed by atoms with E-state index < -0.39 is 5.09 Å². The van der Waals surface area contributed by atoms with Crippen molar-refractivity contribution in [2.45, 2.75) is 0 Å². The molecule has 3 amide bonds. The molecule has 0 unspecified atom stereocenters. The minimum absolute atomic E-state index is 0. The number of hydrogen-bond donors (Lipinski definition) is 0. The fourth-order valence-corrected chi connectivity index (χ4v) is 0.739. The number of rotatable bonds is 0. The Morgan fingerprint density at radius 1 is 1.29 bits per heavy atom. The van der Waals surface area contributed by atoms with Gasteiger partial charge in [0.2, 0.25) is 5.91 Å². The van der Waals surface area contributed by atoms with Crippen molar-refractivity contribution < 1.29 is 37.1 Å². The molecule has 0 aliphatic carbocycles. The van der Waals surface area contributed by atoms with Crippen LogP contribution in [0.4, 0.5) is 4.79 Å². The topological polar surface area (TPSA) is 107 Å². The quantitative estimate of drug-likeness (QED) is 0.253.